The Labute approximate surface area is 90.8 Å². The quantitative estimate of drug-likeness (QED) is 0.528. The number of carbonyl (C=O) groups is 2. The third kappa shape index (κ3) is 6.06. The van der Waals surface area contributed by atoms with E-state index < -0.39 is 6.04 Å². The fraction of sp³-hybridized carbons (Fsp3) is 0.800. The predicted molar refractivity (Wildman–Crippen MR) is 59.1 cm³/mol. The first-order chi connectivity index (χ1) is 6.99. The lowest BCUT2D eigenvalue weighted by Crippen LogP contribution is -2.46. The SMILES string of the molecule is CCC(C)[C@H](N)C(=O)NCCNC(C)=O. The molecule has 0 bridgehead atoms. The van der Waals surface area contributed by atoms with Crippen LogP contribution < -0.4 is 16.4 Å². The van der Waals surface area contributed by atoms with Crippen molar-refractivity contribution in [1.29, 1.82) is 0 Å². The Hall–Kier alpha value is -1.10. The topological polar surface area (TPSA) is 84.2 Å². The molecule has 0 spiro atoms. The van der Waals surface area contributed by atoms with Gasteiger partial charge in [-0.3, -0.25) is 9.59 Å². The van der Waals surface area contributed by atoms with E-state index in [1.165, 1.54) is 6.92 Å². The number of hydrogen-bond donors (Lipinski definition) is 3. The second kappa shape index (κ2) is 7.23. The molecule has 5 heteroatoms. The molecule has 15 heavy (non-hydrogen) atoms. The molecule has 5 nitrogen and oxygen atoms in total. The standard InChI is InChI=1S/C10H21N3O2/c1-4-7(2)9(11)10(15)13-6-5-12-8(3)14/h7,9H,4-6,11H2,1-3H3,(H,12,14)(H,13,15)/t7?,9-/m0/s1. The highest BCUT2D eigenvalue weighted by Crippen LogP contribution is 2.04. The molecule has 4 N–H and O–H groups in total. The van der Waals surface area contributed by atoms with Gasteiger partial charge in [0.2, 0.25) is 11.8 Å². The summed E-state index contributed by atoms with van der Waals surface area (Å²) in [6, 6.07) is -0.465. The summed E-state index contributed by atoms with van der Waals surface area (Å²) < 4.78 is 0. The van der Waals surface area contributed by atoms with Crippen LogP contribution in [0.2, 0.25) is 0 Å². The lowest BCUT2D eigenvalue weighted by molar-refractivity contribution is -0.124. The molecule has 2 amide bonds. The van der Waals surface area contributed by atoms with Crippen LogP contribution in [-0.4, -0.2) is 30.9 Å². The summed E-state index contributed by atoms with van der Waals surface area (Å²) >= 11 is 0. The largest absolute Gasteiger partial charge is 0.355 e. The number of amides is 2. The summed E-state index contributed by atoms with van der Waals surface area (Å²) in [5.41, 5.74) is 5.71. The van der Waals surface area contributed by atoms with Gasteiger partial charge in [0.05, 0.1) is 6.04 Å². The molecule has 2 atom stereocenters. The zero-order valence-corrected chi connectivity index (χ0v) is 9.67. The zero-order chi connectivity index (χ0) is 11.8. The number of hydrogen-bond acceptors (Lipinski definition) is 3. The Morgan fingerprint density at radius 3 is 2.27 bits per heavy atom. The molecule has 1 unspecified atom stereocenters. The maximum Gasteiger partial charge on any atom is 0.237 e. The number of carbonyl (C=O) groups excluding carboxylic acids is 2. The van der Waals surface area contributed by atoms with Gasteiger partial charge in [0.15, 0.2) is 0 Å². The highest BCUT2D eigenvalue weighted by Gasteiger charge is 2.18. The normalized spacial score (nSPS) is 14.1. The Balaban J connectivity index is 3.69. The van der Waals surface area contributed by atoms with Crippen molar-refractivity contribution in [2.75, 3.05) is 13.1 Å². The lowest BCUT2D eigenvalue weighted by atomic mass is 9.99. The number of nitrogens with one attached hydrogen (secondary N) is 2. The average molecular weight is 215 g/mol. The maximum absolute atomic E-state index is 11.4. The van der Waals surface area contributed by atoms with Crippen LogP contribution in [0.1, 0.15) is 27.2 Å². The first-order valence-corrected chi connectivity index (χ1v) is 5.26. The first-order valence-electron chi connectivity index (χ1n) is 5.26. The highest BCUT2D eigenvalue weighted by molar-refractivity contribution is 5.81. The Bertz CT molecular complexity index is 219. The van der Waals surface area contributed by atoms with Crippen molar-refractivity contribution < 1.29 is 9.59 Å². The minimum absolute atomic E-state index is 0.101. The van der Waals surface area contributed by atoms with E-state index in [-0.39, 0.29) is 17.7 Å². The summed E-state index contributed by atoms with van der Waals surface area (Å²) in [5.74, 6) is -0.0871. The molecule has 0 aromatic carbocycles. The molecule has 0 saturated carbocycles. The molecular weight excluding hydrogens is 194 g/mol. The Morgan fingerprint density at radius 1 is 1.27 bits per heavy atom. The van der Waals surface area contributed by atoms with Gasteiger partial charge in [0.25, 0.3) is 0 Å². The van der Waals surface area contributed by atoms with E-state index in [0.29, 0.717) is 13.1 Å². The van der Waals surface area contributed by atoms with Crippen molar-refractivity contribution >= 4 is 11.8 Å². The van der Waals surface area contributed by atoms with Crippen LogP contribution >= 0.6 is 0 Å². The van der Waals surface area contributed by atoms with Crippen LogP contribution in [0.4, 0.5) is 0 Å². The van der Waals surface area contributed by atoms with Crippen LogP contribution in [0.3, 0.4) is 0 Å². The molecule has 0 aromatic heterocycles. The minimum atomic E-state index is -0.465. The van der Waals surface area contributed by atoms with Gasteiger partial charge in [-0.1, -0.05) is 20.3 Å². The summed E-state index contributed by atoms with van der Waals surface area (Å²) in [4.78, 5) is 22.0. The van der Waals surface area contributed by atoms with Gasteiger partial charge >= 0.3 is 0 Å². The number of nitrogens with two attached hydrogens (primary N) is 1. The van der Waals surface area contributed by atoms with Gasteiger partial charge in [0, 0.05) is 20.0 Å². The van der Waals surface area contributed by atoms with E-state index in [1.54, 1.807) is 0 Å². The predicted octanol–water partition coefficient (Wildman–Crippen LogP) is -0.388. The van der Waals surface area contributed by atoms with Crippen LogP contribution in [0, 0.1) is 5.92 Å². The van der Waals surface area contributed by atoms with Crippen LogP contribution in [-0.2, 0) is 9.59 Å². The van der Waals surface area contributed by atoms with Crippen LogP contribution in [0.5, 0.6) is 0 Å². The van der Waals surface area contributed by atoms with Crippen molar-refractivity contribution in [1.82, 2.24) is 10.6 Å². The monoisotopic (exact) mass is 215 g/mol. The Kier molecular flexibility index (Phi) is 6.70. The molecule has 0 aromatic rings. The maximum atomic E-state index is 11.4. The lowest BCUT2D eigenvalue weighted by Gasteiger charge is -2.17. The molecule has 0 radical (unpaired) electrons. The zero-order valence-electron chi connectivity index (χ0n) is 9.67. The number of rotatable bonds is 6. The highest BCUT2D eigenvalue weighted by atomic mass is 16.2. The van der Waals surface area contributed by atoms with Crippen LogP contribution in [0.25, 0.3) is 0 Å². The van der Waals surface area contributed by atoms with E-state index in [4.69, 9.17) is 5.73 Å². The first kappa shape index (κ1) is 13.9. The summed E-state index contributed by atoms with van der Waals surface area (Å²) in [7, 11) is 0. The second-order valence-corrected chi connectivity index (χ2v) is 3.69. The molecule has 0 aliphatic carbocycles. The van der Waals surface area contributed by atoms with E-state index >= 15 is 0 Å². The summed E-state index contributed by atoms with van der Waals surface area (Å²) in [6.45, 7) is 6.23. The van der Waals surface area contributed by atoms with Crippen molar-refractivity contribution in [2.24, 2.45) is 11.7 Å². The van der Waals surface area contributed by atoms with E-state index in [9.17, 15) is 9.59 Å². The van der Waals surface area contributed by atoms with Gasteiger partial charge in [-0.2, -0.15) is 0 Å². The minimum Gasteiger partial charge on any atom is -0.355 e. The molecular formula is C10H21N3O2. The van der Waals surface area contributed by atoms with Gasteiger partial charge in [-0.25, -0.2) is 0 Å². The van der Waals surface area contributed by atoms with E-state index in [0.717, 1.165) is 6.42 Å². The smallest absolute Gasteiger partial charge is 0.237 e. The molecule has 0 fully saturated rings. The van der Waals surface area contributed by atoms with Gasteiger partial charge < -0.3 is 16.4 Å². The van der Waals surface area contributed by atoms with Crippen LogP contribution in [0.15, 0.2) is 0 Å². The average Bonchev–Trinajstić information content (AvgIpc) is 2.21. The van der Waals surface area contributed by atoms with E-state index in [1.807, 2.05) is 13.8 Å². The third-order valence-electron chi connectivity index (χ3n) is 2.36. The molecule has 88 valence electrons. The van der Waals surface area contributed by atoms with Gasteiger partial charge in [-0.15, -0.1) is 0 Å². The fourth-order valence-electron chi connectivity index (χ4n) is 1.05. The van der Waals surface area contributed by atoms with Crippen molar-refractivity contribution in [3.8, 4) is 0 Å². The molecule has 0 aliphatic rings. The summed E-state index contributed by atoms with van der Waals surface area (Å²) in [5, 5.41) is 5.26. The van der Waals surface area contributed by atoms with Gasteiger partial charge in [-0.05, 0) is 5.92 Å². The van der Waals surface area contributed by atoms with Crippen molar-refractivity contribution in [2.45, 2.75) is 33.2 Å². The third-order valence-corrected chi connectivity index (χ3v) is 2.36. The van der Waals surface area contributed by atoms with E-state index in [2.05, 4.69) is 10.6 Å². The molecule has 0 heterocycles. The second-order valence-electron chi connectivity index (χ2n) is 3.69. The van der Waals surface area contributed by atoms with Crippen molar-refractivity contribution in [3.05, 3.63) is 0 Å². The van der Waals surface area contributed by atoms with Crippen molar-refractivity contribution in [3.63, 3.8) is 0 Å². The Morgan fingerprint density at radius 2 is 1.80 bits per heavy atom. The molecule has 0 aliphatic heterocycles. The fourth-order valence-corrected chi connectivity index (χ4v) is 1.05. The molecule has 0 saturated heterocycles. The van der Waals surface area contributed by atoms with Gasteiger partial charge in [0.1, 0.15) is 0 Å². The summed E-state index contributed by atoms with van der Waals surface area (Å²) in [6.07, 6.45) is 0.875. The molecule has 0 rings (SSSR count).